The third-order valence-corrected chi connectivity index (χ3v) is 7.74. The van der Waals surface area contributed by atoms with E-state index >= 15 is 0 Å². The topological polar surface area (TPSA) is 68.3 Å². The minimum Gasteiger partial charge on any atom is -0.497 e. The highest BCUT2D eigenvalue weighted by molar-refractivity contribution is 5.89. The van der Waals surface area contributed by atoms with E-state index in [1.54, 1.807) is 19.2 Å². The molecular weight excluding hydrogens is 492 g/mol. The van der Waals surface area contributed by atoms with Crippen LogP contribution in [0, 0.1) is 5.92 Å². The van der Waals surface area contributed by atoms with Gasteiger partial charge in [0.25, 0.3) is 0 Å². The van der Waals surface area contributed by atoms with E-state index in [1.165, 1.54) is 12.7 Å². The van der Waals surface area contributed by atoms with Crippen LogP contribution in [0.4, 0.5) is 0 Å². The number of ether oxygens (including phenoxy) is 3. The van der Waals surface area contributed by atoms with Gasteiger partial charge < -0.3 is 19.1 Å². The number of benzene rings is 3. The first-order valence-corrected chi connectivity index (χ1v) is 13.5. The van der Waals surface area contributed by atoms with Gasteiger partial charge in [-0.1, -0.05) is 54.6 Å². The van der Waals surface area contributed by atoms with Crippen molar-refractivity contribution in [1.29, 1.82) is 0 Å². The summed E-state index contributed by atoms with van der Waals surface area (Å²) < 4.78 is 16.7. The number of nitrogens with zero attached hydrogens (tertiary/aromatic N) is 2. The molecule has 3 aromatic rings. The first-order chi connectivity index (χ1) is 19.1. The van der Waals surface area contributed by atoms with Gasteiger partial charge in [0.15, 0.2) is 0 Å². The second-order valence-corrected chi connectivity index (χ2v) is 10.3. The average molecular weight is 529 g/mol. The Bertz CT molecular complexity index is 1260. The van der Waals surface area contributed by atoms with Gasteiger partial charge in [-0.15, -0.1) is 0 Å². The second-order valence-electron chi connectivity index (χ2n) is 10.3. The van der Waals surface area contributed by atoms with E-state index in [2.05, 4.69) is 23.1 Å². The lowest BCUT2D eigenvalue weighted by molar-refractivity contribution is -0.134. The first kappa shape index (κ1) is 26.9. The zero-order chi connectivity index (χ0) is 27.2. The smallest absolute Gasteiger partial charge is 0.337 e. The predicted octanol–water partition coefficient (Wildman–Crippen LogP) is 4.69. The second kappa shape index (κ2) is 12.5. The highest BCUT2D eigenvalue weighted by atomic mass is 16.5. The monoisotopic (exact) mass is 528 g/mol. The molecule has 1 amide bonds. The summed E-state index contributed by atoms with van der Waals surface area (Å²) >= 11 is 0. The Hall–Kier alpha value is -3.68. The first-order valence-electron chi connectivity index (χ1n) is 13.5. The van der Waals surface area contributed by atoms with Crippen LogP contribution in [0.3, 0.4) is 0 Å². The third-order valence-electron chi connectivity index (χ3n) is 7.74. The number of hydrogen-bond donors (Lipinski definition) is 0. The molecule has 0 radical (unpaired) electrons. The summed E-state index contributed by atoms with van der Waals surface area (Å²) in [5.41, 5.74) is 3.80. The number of hydrogen-bond acceptors (Lipinski definition) is 6. The molecule has 1 aliphatic heterocycles. The van der Waals surface area contributed by atoms with E-state index in [-0.39, 0.29) is 18.0 Å². The van der Waals surface area contributed by atoms with Gasteiger partial charge in [-0.3, -0.25) is 9.69 Å². The van der Waals surface area contributed by atoms with Crippen molar-refractivity contribution in [1.82, 2.24) is 9.80 Å². The predicted molar refractivity (Wildman–Crippen MR) is 149 cm³/mol. The van der Waals surface area contributed by atoms with Gasteiger partial charge in [-0.05, 0) is 53.3 Å². The fourth-order valence-corrected chi connectivity index (χ4v) is 5.30. The molecule has 0 N–H and O–H groups in total. The Labute approximate surface area is 230 Å². The Balaban J connectivity index is 1.19. The Morgan fingerprint density at radius 3 is 2.33 bits per heavy atom. The third kappa shape index (κ3) is 6.67. The van der Waals surface area contributed by atoms with Crippen LogP contribution in [0.1, 0.15) is 45.5 Å². The van der Waals surface area contributed by atoms with Gasteiger partial charge in [0.05, 0.1) is 32.5 Å². The maximum atomic E-state index is 13.1. The molecule has 0 aromatic heterocycles. The van der Waals surface area contributed by atoms with Crippen molar-refractivity contribution in [3.8, 4) is 5.75 Å². The minimum atomic E-state index is -0.355. The molecule has 1 saturated carbocycles. The lowest BCUT2D eigenvalue weighted by Gasteiger charge is -2.36. The van der Waals surface area contributed by atoms with Crippen molar-refractivity contribution in [2.24, 2.45) is 5.92 Å². The van der Waals surface area contributed by atoms with Crippen LogP contribution in [0.2, 0.25) is 0 Å². The summed E-state index contributed by atoms with van der Waals surface area (Å²) in [5.74, 6) is 1.21. The molecule has 7 nitrogen and oxygen atoms in total. The van der Waals surface area contributed by atoms with Gasteiger partial charge in [0.2, 0.25) is 5.91 Å². The molecular formula is C32H36N2O5. The lowest BCUT2D eigenvalue weighted by atomic mass is 10.1. The normalized spacial score (nSPS) is 19.8. The van der Waals surface area contributed by atoms with E-state index in [0.717, 1.165) is 49.5 Å². The molecule has 3 aromatic carbocycles. The highest BCUT2D eigenvalue weighted by Gasteiger charge is 2.46. The van der Waals surface area contributed by atoms with E-state index in [9.17, 15) is 9.59 Å². The lowest BCUT2D eigenvalue weighted by Crippen LogP contribution is -2.50. The summed E-state index contributed by atoms with van der Waals surface area (Å²) in [7, 11) is 3.04. The van der Waals surface area contributed by atoms with E-state index < -0.39 is 0 Å². The van der Waals surface area contributed by atoms with Crippen molar-refractivity contribution in [2.45, 2.75) is 25.0 Å². The molecule has 3 atom stereocenters. The van der Waals surface area contributed by atoms with E-state index in [4.69, 9.17) is 14.2 Å². The SMILES string of the molecule is COC(=O)c1ccc(CO[C@@H](CN2CCN(C(=O)[C@@H]3C[C@H]3c3ccccc3)CC2)c2cccc(OC)c2)cc1. The van der Waals surface area contributed by atoms with Gasteiger partial charge in [-0.2, -0.15) is 0 Å². The highest BCUT2D eigenvalue weighted by Crippen LogP contribution is 2.48. The minimum absolute atomic E-state index is 0.123. The summed E-state index contributed by atoms with van der Waals surface area (Å²) in [6.07, 6.45) is 0.781. The molecule has 2 aliphatic rings. The number of carbonyl (C=O) groups excluding carboxylic acids is 2. The van der Waals surface area contributed by atoms with E-state index in [1.807, 2.05) is 53.4 Å². The van der Waals surface area contributed by atoms with Gasteiger partial charge >= 0.3 is 5.97 Å². The van der Waals surface area contributed by atoms with Crippen LogP contribution in [-0.2, 0) is 20.9 Å². The molecule has 2 fully saturated rings. The average Bonchev–Trinajstić information content (AvgIpc) is 3.81. The van der Waals surface area contributed by atoms with Crippen LogP contribution in [0.25, 0.3) is 0 Å². The molecule has 7 heteroatoms. The molecule has 39 heavy (non-hydrogen) atoms. The fraction of sp³-hybridized carbons (Fsp3) is 0.375. The Morgan fingerprint density at radius 2 is 1.64 bits per heavy atom. The zero-order valence-electron chi connectivity index (χ0n) is 22.6. The van der Waals surface area contributed by atoms with Gasteiger partial charge in [0.1, 0.15) is 5.75 Å². The molecule has 0 unspecified atom stereocenters. The molecule has 0 spiro atoms. The number of amides is 1. The standard InChI is InChI=1S/C32H36N2O5/c1-37-27-10-6-9-26(19-27)30(39-22-23-11-13-25(14-12-23)32(36)38-2)21-33-15-17-34(18-16-33)31(35)29-20-28(29)24-7-4-3-5-8-24/h3-14,19,28-30H,15-18,20-22H2,1-2H3/t28-,29+,30-/m0/s1. The quantitative estimate of drug-likeness (QED) is 0.356. The maximum absolute atomic E-state index is 13.1. The maximum Gasteiger partial charge on any atom is 0.337 e. The van der Waals surface area contributed by atoms with Gasteiger partial charge in [-0.25, -0.2) is 4.79 Å². The molecule has 1 saturated heterocycles. The zero-order valence-corrected chi connectivity index (χ0v) is 22.6. The molecule has 204 valence electrons. The molecule has 0 bridgehead atoms. The van der Waals surface area contributed by atoms with Crippen LogP contribution < -0.4 is 4.74 Å². The van der Waals surface area contributed by atoms with Crippen LogP contribution in [0.5, 0.6) is 5.75 Å². The van der Waals surface area contributed by atoms with Crippen molar-refractivity contribution in [2.75, 3.05) is 46.9 Å². The fourth-order valence-electron chi connectivity index (χ4n) is 5.30. The van der Waals surface area contributed by atoms with E-state index in [0.29, 0.717) is 30.5 Å². The van der Waals surface area contributed by atoms with Crippen LogP contribution >= 0.6 is 0 Å². The molecule has 5 rings (SSSR count). The Morgan fingerprint density at radius 1 is 0.897 bits per heavy atom. The summed E-state index contributed by atoms with van der Waals surface area (Å²) in [6.45, 7) is 4.21. The van der Waals surface area contributed by atoms with Crippen molar-refractivity contribution in [3.63, 3.8) is 0 Å². The number of esters is 1. The number of carbonyl (C=O) groups is 2. The van der Waals surface area contributed by atoms with Crippen LogP contribution in [-0.4, -0.2) is 68.6 Å². The number of rotatable bonds is 10. The van der Waals surface area contributed by atoms with Crippen molar-refractivity contribution < 1.29 is 23.8 Å². The summed E-state index contributed by atoms with van der Waals surface area (Å²) in [4.78, 5) is 29.3. The largest absolute Gasteiger partial charge is 0.497 e. The van der Waals surface area contributed by atoms with Gasteiger partial charge in [0, 0.05) is 38.6 Å². The molecule has 1 aliphatic carbocycles. The van der Waals surface area contributed by atoms with Crippen molar-refractivity contribution in [3.05, 3.63) is 101 Å². The number of piperazine rings is 1. The van der Waals surface area contributed by atoms with Crippen molar-refractivity contribution >= 4 is 11.9 Å². The Kier molecular flexibility index (Phi) is 8.59. The van der Waals surface area contributed by atoms with Crippen LogP contribution in [0.15, 0.2) is 78.9 Å². The molecule has 1 heterocycles. The number of methoxy groups -OCH3 is 2. The summed E-state index contributed by atoms with van der Waals surface area (Å²) in [5, 5.41) is 0. The summed E-state index contributed by atoms with van der Waals surface area (Å²) in [6, 6.07) is 25.6.